The molecule has 35 heavy (non-hydrogen) atoms. The third-order valence-corrected chi connectivity index (χ3v) is 6.79. The molecule has 1 aromatic carbocycles. The van der Waals surface area contributed by atoms with Crippen molar-refractivity contribution in [2.24, 2.45) is 11.7 Å². The molecule has 1 aliphatic heterocycles. The fraction of sp³-hybridized carbons (Fsp3) is 0.478. The first-order valence-corrected chi connectivity index (χ1v) is 11.9. The summed E-state index contributed by atoms with van der Waals surface area (Å²) in [4.78, 5) is 26.1. The van der Waals surface area contributed by atoms with Crippen molar-refractivity contribution in [2.75, 3.05) is 13.1 Å². The molecule has 1 saturated heterocycles. The number of carbonyl (C=O) groups is 2. The summed E-state index contributed by atoms with van der Waals surface area (Å²) >= 11 is -0.149. The first kappa shape index (κ1) is 26.6. The Hall–Kier alpha value is -3.04. The molecule has 0 atom stereocenters. The molecule has 12 heteroatoms. The number of nitriles is 1. The second kappa shape index (κ2) is 11.1. The van der Waals surface area contributed by atoms with Crippen LogP contribution in [0.2, 0.25) is 0 Å². The number of hydrogen-bond acceptors (Lipinski definition) is 7. The van der Waals surface area contributed by atoms with Crippen LogP contribution in [-0.4, -0.2) is 46.7 Å². The summed E-state index contributed by atoms with van der Waals surface area (Å²) < 4.78 is 37.5. The van der Waals surface area contributed by atoms with Crippen LogP contribution >= 0.6 is 11.8 Å². The second-order valence-electron chi connectivity index (χ2n) is 8.79. The highest BCUT2D eigenvalue weighted by Crippen LogP contribution is 2.37. The number of amidine groups is 1. The van der Waals surface area contributed by atoms with Crippen LogP contribution in [0.1, 0.15) is 37.7 Å². The first-order chi connectivity index (χ1) is 16.5. The number of rotatable bonds is 9. The van der Waals surface area contributed by atoms with Crippen LogP contribution in [0, 0.1) is 22.7 Å². The smallest absolute Gasteiger partial charge is 0.384 e. The van der Waals surface area contributed by atoms with Gasteiger partial charge in [-0.25, -0.2) is 0 Å². The number of primary amides is 1. The highest BCUT2D eigenvalue weighted by molar-refractivity contribution is 8.00. The Morgan fingerprint density at radius 3 is 2.40 bits per heavy atom. The molecule has 3 rings (SSSR count). The largest absolute Gasteiger partial charge is 0.446 e. The highest BCUT2D eigenvalue weighted by atomic mass is 32.2. The standard InChI is InChI=1S/C23H27F3N6O2S/c24-23(25,26)35-17-5-1-15(2-6-17)14-32-11-8-22(7-10-27,9-12-32)30-13-18(20(29)33)19(28)31-21(34)16-3-4-16/h1-2,5-6,13,16,30H,3-4,7-9,11-12,14H2,(H2,29,33)(H2,28,31,34)/b18-13+. The van der Waals surface area contributed by atoms with Crippen molar-refractivity contribution in [2.45, 2.75) is 54.6 Å². The van der Waals surface area contributed by atoms with Gasteiger partial charge >= 0.3 is 5.51 Å². The molecule has 0 unspecified atom stereocenters. The lowest BCUT2D eigenvalue weighted by atomic mass is 9.84. The van der Waals surface area contributed by atoms with E-state index >= 15 is 0 Å². The van der Waals surface area contributed by atoms with E-state index in [4.69, 9.17) is 11.1 Å². The Labute approximate surface area is 205 Å². The number of amides is 2. The number of piperidine rings is 1. The molecule has 2 amide bonds. The van der Waals surface area contributed by atoms with Crippen LogP contribution < -0.4 is 16.4 Å². The molecule has 1 aromatic rings. The summed E-state index contributed by atoms with van der Waals surface area (Å²) in [6, 6.07) is 8.41. The summed E-state index contributed by atoms with van der Waals surface area (Å²) in [5, 5.41) is 22.9. The summed E-state index contributed by atoms with van der Waals surface area (Å²) in [7, 11) is 0. The molecule has 1 aliphatic carbocycles. The molecule has 2 fully saturated rings. The maximum Gasteiger partial charge on any atom is 0.446 e. The number of nitrogens with two attached hydrogens (primary N) is 1. The lowest BCUT2D eigenvalue weighted by Gasteiger charge is -2.41. The average molecular weight is 509 g/mol. The molecule has 8 nitrogen and oxygen atoms in total. The molecule has 2 aliphatic rings. The number of alkyl halides is 3. The van der Waals surface area contributed by atoms with Gasteiger partial charge in [0.25, 0.3) is 5.91 Å². The summed E-state index contributed by atoms with van der Waals surface area (Å²) in [6.07, 6.45) is 4.10. The van der Waals surface area contributed by atoms with E-state index in [1.54, 1.807) is 12.1 Å². The molecule has 188 valence electrons. The first-order valence-electron chi connectivity index (χ1n) is 11.1. The van der Waals surface area contributed by atoms with Crippen LogP contribution in [0.25, 0.3) is 0 Å². The predicted molar refractivity (Wildman–Crippen MR) is 125 cm³/mol. The zero-order valence-corrected chi connectivity index (χ0v) is 19.8. The Balaban J connectivity index is 1.59. The lowest BCUT2D eigenvalue weighted by molar-refractivity contribution is -0.120. The maximum atomic E-state index is 12.5. The second-order valence-corrected chi connectivity index (χ2v) is 9.93. The minimum absolute atomic E-state index is 0.132. The van der Waals surface area contributed by atoms with Gasteiger partial charge in [0.1, 0.15) is 5.84 Å². The lowest BCUT2D eigenvalue weighted by Crippen LogP contribution is -2.51. The van der Waals surface area contributed by atoms with Crippen LogP contribution in [0.3, 0.4) is 0 Å². The quantitative estimate of drug-likeness (QED) is 0.175. The van der Waals surface area contributed by atoms with E-state index in [-0.39, 0.29) is 46.3 Å². The molecule has 0 radical (unpaired) electrons. The fourth-order valence-corrected chi connectivity index (χ4v) is 4.39. The monoisotopic (exact) mass is 508 g/mol. The van der Waals surface area contributed by atoms with Gasteiger partial charge in [0.15, 0.2) is 0 Å². The topological polar surface area (TPSA) is 135 Å². The van der Waals surface area contributed by atoms with Gasteiger partial charge in [-0.2, -0.15) is 18.4 Å². The molecule has 0 bridgehead atoms. The van der Waals surface area contributed by atoms with Crippen LogP contribution in [0.4, 0.5) is 13.2 Å². The van der Waals surface area contributed by atoms with Crippen molar-refractivity contribution in [3.63, 3.8) is 0 Å². The van der Waals surface area contributed by atoms with Gasteiger partial charge in [0.2, 0.25) is 5.91 Å². The van der Waals surface area contributed by atoms with Crippen molar-refractivity contribution >= 4 is 29.4 Å². The van der Waals surface area contributed by atoms with Gasteiger partial charge in [0, 0.05) is 36.6 Å². The van der Waals surface area contributed by atoms with E-state index in [1.165, 1.54) is 18.3 Å². The van der Waals surface area contributed by atoms with Crippen LogP contribution in [-0.2, 0) is 16.1 Å². The zero-order valence-electron chi connectivity index (χ0n) is 19.0. The van der Waals surface area contributed by atoms with Gasteiger partial charge in [-0.15, -0.1) is 0 Å². The van der Waals surface area contributed by atoms with Crippen LogP contribution in [0.5, 0.6) is 0 Å². The van der Waals surface area contributed by atoms with Crippen LogP contribution in [0.15, 0.2) is 40.9 Å². The van der Waals surface area contributed by atoms with Crippen molar-refractivity contribution in [1.29, 1.82) is 10.7 Å². The molecular weight excluding hydrogens is 481 g/mol. The maximum absolute atomic E-state index is 12.5. The Bertz CT molecular complexity index is 1020. The molecular formula is C23H27F3N6O2S. The number of hydrogen-bond donors (Lipinski definition) is 4. The summed E-state index contributed by atoms with van der Waals surface area (Å²) in [6.45, 7) is 1.78. The van der Waals surface area contributed by atoms with E-state index < -0.39 is 17.0 Å². The fourth-order valence-electron chi connectivity index (χ4n) is 3.85. The molecule has 5 N–H and O–H groups in total. The molecule has 1 saturated carbocycles. The van der Waals surface area contributed by atoms with Crippen molar-refractivity contribution in [3.8, 4) is 6.07 Å². The normalized spacial score (nSPS) is 18.4. The van der Waals surface area contributed by atoms with Crippen molar-refractivity contribution < 1.29 is 22.8 Å². The minimum atomic E-state index is -4.32. The molecule has 0 spiro atoms. The van der Waals surface area contributed by atoms with Gasteiger partial charge in [-0.05, 0) is 55.1 Å². The minimum Gasteiger partial charge on any atom is -0.384 e. The van der Waals surface area contributed by atoms with Gasteiger partial charge < -0.3 is 16.4 Å². The number of nitrogens with zero attached hydrogens (tertiary/aromatic N) is 2. The van der Waals surface area contributed by atoms with E-state index in [1.807, 2.05) is 0 Å². The van der Waals surface area contributed by atoms with Crippen molar-refractivity contribution in [3.05, 3.63) is 41.6 Å². The van der Waals surface area contributed by atoms with E-state index in [0.717, 1.165) is 18.4 Å². The Kier molecular flexibility index (Phi) is 8.45. The van der Waals surface area contributed by atoms with Gasteiger partial charge in [0.05, 0.1) is 23.6 Å². The Morgan fingerprint density at radius 1 is 1.26 bits per heavy atom. The Morgan fingerprint density at radius 2 is 1.89 bits per heavy atom. The van der Waals surface area contributed by atoms with Crippen molar-refractivity contribution in [1.82, 2.24) is 15.5 Å². The average Bonchev–Trinajstić information content (AvgIpc) is 3.61. The number of benzene rings is 1. The highest BCUT2D eigenvalue weighted by Gasteiger charge is 2.35. The number of thioether (sulfide) groups is 1. The van der Waals surface area contributed by atoms with E-state index in [0.29, 0.717) is 32.5 Å². The predicted octanol–water partition coefficient (Wildman–Crippen LogP) is 3.01. The molecule has 1 heterocycles. The third-order valence-electron chi connectivity index (χ3n) is 6.05. The van der Waals surface area contributed by atoms with Gasteiger partial charge in [-0.3, -0.25) is 19.9 Å². The number of carbonyl (C=O) groups excluding carboxylic acids is 2. The zero-order chi connectivity index (χ0) is 25.6. The number of nitrogens with one attached hydrogen (secondary N) is 3. The van der Waals surface area contributed by atoms with Gasteiger partial charge in [-0.1, -0.05) is 12.1 Å². The van der Waals surface area contributed by atoms with E-state index in [9.17, 15) is 28.0 Å². The SMILES string of the molecule is N#CCC1(N/C=C(\C(=N)NC(=O)C2CC2)C(N)=O)CCN(Cc2ccc(SC(F)(F)F)cc2)CC1. The van der Waals surface area contributed by atoms with E-state index in [2.05, 4.69) is 21.6 Å². The number of likely N-dealkylation sites (tertiary alicyclic amines) is 1. The number of halogens is 3. The summed E-state index contributed by atoms with van der Waals surface area (Å²) in [5.41, 5.74) is 1.16. The summed E-state index contributed by atoms with van der Waals surface area (Å²) in [5.74, 6) is -1.69. The third kappa shape index (κ3) is 8.00. The molecule has 0 aromatic heterocycles.